The van der Waals surface area contributed by atoms with Gasteiger partial charge in [0.25, 0.3) is 0 Å². The van der Waals surface area contributed by atoms with Crippen molar-refractivity contribution in [2.45, 2.75) is 6.92 Å². The minimum absolute atomic E-state index is 0.0277. The second-order valence-corrected chi connectivity index (χ2v) is 3.06. The van der Waals surface area contributed by atoms with E-state index in [4.69, 9.17) is 15.3 Å². The summed E-state index contributed by atoms with van der Waals surface area (Å²) in [5, 5.41) is 25.1. The minimum Gasteiger partial charge on any atom is -0.478 e. The van der Waals surface area contributed by atoms with Crippen LogP contribution < -0.4 is 0 Å². The summed E-state index contributed by atoms with van der Waals surface area (Å²) in [6.07, 6.45) is 1.43. The molecule has 0 unspecified atom stereocenters. The van der Waals surface area contributed by atoms with Crippen LogP contribution in [0, 0.1) is 6.92 Å². The van der Waals surface area contributed by atoms with Crippen molar-refractivity contribution >= 4 is 11.9 Å². The third-order valence-corrected chi connectivity index (χ3v) is 1.92. The molecule has 0 fully saturated rings. The van der Waals surface area contributed by atoms with Gasteiger partial charge in [-0.05, 0) is 24.6 Å². The minimum atomic E-state index is -1.11. The standard InChI is InChI=1S/C9H8O4.C3H6O/c1-5-6(8(10)11)3-2-4-7(5)9(12)13;1-2-3-4/h2-4H,1H3,(H,10,11)(H,12,13);2,4H,1,3H2. The van der Waals surface area contributed by atoms with Crippen molar-refractivity contribution in [1.29, 1.82) is 0 Å². The van der Waals surface area contributed by atoms with E-state index in [1.54, 1.807) is 0 Å². The monoisotopic (exact) mass is 238 g/mol. The van der Waals surface area contributed by atoms with Crippen LogP contribution in [0.2, 0.25) is 0 Å². The van der Waals surface area contributed by atoms with Gasteiger partial charge in [-0.2, -0.15) is 0 Å². The lowest BCUT2D eigenvalue weighted by molar-refractivity contribution is 0.0696. The summed E-state index contributed by atoms with van der Waals surface area (Å²) in [6, 6.07) is 4.17. The van der Waals surface area contributed by atoms with E-state index in [2.05, 4.69) is 6.58 Å². The number of aromatic carboxylic acids is 2. The highest BCUT2D eigenvalue weighted by Gasteiger charge is 2.13. The molecule has 0 aliphatic heterocycles. The molecule has 0 bridgehead atoms. The Morgan fingerprint density at radius 2 is 1.59 bits per heavy atom. The van der Waals surface area contributed by atoms with Crippen LogP contribution in [-0.4, -0.2) is 33.9 Å². The maximum absolute atomic E-state index is 10.6. The second kappa shape index (κ2) is 7.19. The maximum atomic E-state index is 10.6. The molecule has 0 atom stereocenters. The molecule has 0 radical (unpaired) electrons. The molecule has 1 aromatic carbocycles. The van der Waals surface area contributed by atoms with Gasteiger partial charge < -0.3 is 15.3 Å². The van der Waals surface area contributed by atoms with Crippen LogP contribution in [0.4, 0.5) is 0 Å². The molecule has 5 heteroatoms. The van der Waals surface area contributed by atoms with E-state index in [1.165, 1.54) is 31.2 Å². The Kier molecular flexibility index (Phi) is 6.28. The fraction of sp³-hybridized carbons (Fsp3) is 0.167. The Morgan fingerprint density at radius 3 is 1.82 bits per heavy atom. The van der Waals surface area contributed by atoms with Crippen LogP contribution in [-0.2, 0) is 0 Å². The van der Waals surface area contributed by atoms with Gasteiger partial charge in [-0.25, -0.2) is 9.59 Å². The van der Waals surface area contributed by atoms with Gasteiger partial charge in [0.15, 0.2) is 0 Å². The molecular weight excluding hydrogens is 224 g/mol. The molecule has 0 aliphatic rings. The quantitative estimate of drug-likeness (QED) is 0.694. The first-order valence-corrected chi connectivity index (χ1v) is 4.73. The van der Waals surface area contributed by atoms with Crippen LogP contribution in [0.15, 0.2) is 30.9 Å². The molecule has 0 spiro atoms. The average molecular weight is 238 g/mol. The van der Waals surface area contributed by atoms with E-state index < -0.39 is 11.9 Å². The highest BCUT2D eigenvalue weighted by atomic mass is 16.4. The summed E-state index contributed by atoms with van der Waals surface area (Å²) >= 11 is 0. The van der Waals surface area contributed by atoms with Crippen molar-refractivity contribution in [3.05, 3.63) is 47.5 Å². The molecule has 0 amide bonds. The molecule has 1 aromatic rings. The first-order chi connectivity index (χ1) is 7.95. The summed E-state index contributed by atoms with van der Waals surface area (Å²) in [5.74, 6) is -2.22. The van der Waals surface area contributed by atoms with E-state index in [0.717, 1.165) is 0 Å². The van der Waals surface area contributed by atoms with Crippen molar-refractivity contribution in [2.75, 3.05) is 6.61 Å². The van der Waals surface area contributed by atoms with E-state index in [-0.39, 0.29) is 23.3 Å². The SMILES string of the molecule is C=CCO.Cc1c(C(=O)O)cccc1C(=O)O. The van der Waals surface area contributed by atoms with Crippen molar-refractivity contribution in [3.8, 4) is 0 Å². The zero-order valence-corrected chi connectivity index (χ0v) is 9.38. The molecule has 0 aromatic heterocycles. The molecule has 17 heavy (non-hydrogen) atoms. The Hall–Kier alpha value is -2.14. The molecule has 92 valence electrons. The first-order valence-electron chi connectivity index (χ1n) is 4.73. The van der Waals surface area contributed by atoms with E-state index in [9.17, 15) is 9.59 Å². The molecule has 0 heterocycles. The van der Waals surface area contributed by atoms with Crippen molar-refractivity contribution in [2.24, 2.45) is 0 Å². The Morgan fingerprint density at radius 1 is 1.24 bits per heavy atom. The van der Waals surface area contributed by atoms with Crippen LogP contribution in [0.3, 0.4) is 0 Å². The first kappa shape index (κ1) is 14.9. The van der Waals surface area contributed by atoms with Crippen LogP contribution in [0.1, 0.15) is 26.3 Å². The summed E-state index contributed by atoms with van der Waals surface area (Å²) < 4.78 is 0. The topological polar surface area (TPSA) is 94.8 Å². The van der Waals surface area contributed by atoms with Crippen LogP contribution in [0.5, 0.6) is 0 Å². The fourth-order valence-electron chi connectivity index (χ4n) is 1.10. The van der Waals surface area contributed by atoms with Gasteiger partial charge >= 0.3 is 11.9 Å². The Bertz CT molecular complexity index is 391. The predicted molar refractivity (Wildman–Crippen MR) is 62.4 cm³/mol. The number of aliphatic hydroxyl groups is 1. The second-order valence-electron chi connectivity index (χ2n) is 3.06. The highest BCUT2D eigenvalue weighted by Crippen LogP contribution is 2.13. The third-order valence-electron chi connectivity index (χ3n) is 1.92. The smallest absolute Gasteiger partial charge is 0.335 e. The average Bonchev–Trinajstić information content (AvgIpc) is 2.29. The highest BCUT2D eigenvalue weighted by molar-refractivity contribution is 5.96. The van der Waals surface area contributed by atoms with Gasteiger partial charge in [-0.3, -0.25) is 0 Å². The number of benzene rings is 1. The molecule has 0 saturated heterocycles. The van der Waals surface area contributed by atoms with Gasteiger partial charge in [0.2, 0.25) is 0 Å². The normalized spacial score (nSPS) is 8.82. The summed E-state index contributed by atoms with van der Waals surface area (Å²) in [6.45, 7) is 4.79. The van der Waals surface area contributed by atoms with Crippen molar-refractivity contribution < 1.29 is 24.9 Å². The number of hydrogen-bond acceptors (Lipinski definition) is 3. The van der Waals surface area contributed by atoms with E-state index in [1.807, 2.05) is 0 Å². The lowest BCUT2D eigenvalue weighted by Crippen LogP contribution is -2.06. The summed E-state index contributed by atoms with van der Waals surface area (Å²) in [5.41, 5.74) is 0.335. The molecule has 3 N–H and O–H groups in total. The number of aliphatic hydroxyl groups excluding tert-OH is 1. The van der Waals surface area contributed by atoms with E-state index >= 15 is 0 Å². The number of rotatable bonds is 3. The Balaban J connectivity index is 0.000000557. The van der Waals surface area contributed by atoms with Crippen LogP contribution >= 0.6 is 0 Å². The van der Waals surface area contributed by atoms with Gasteiger partial charge in [-0.15, -0.1) is 6.58 Å². The predicted octanol–water partition coefficient (Wildman–Crippen LogP) is 1.56. The molecular formula is C12H14O5. The third kappa shape index (κ3) is 4.48. The van der Waals surface area contributed by atoms with E-state index in [0.29, 0.717) is 0 Å². The number of carboxylic acids is 2. The number of carboxylic acid groups (broad SMARTS) is 2. The van der Waals surface area contributed by atoms with Crippen molar-refractivity contribution in [1.82, 2.24) is 0 Å². The summed E-state index contributed by atoms with van der Waals surface area (Å²) in [4.78, 5) is 21.2. The molecule has 0 saturated carbocycles. The fourth-order valence-corrected chi connectivity index (χ4v) is 1.10. The zero-order valence-electron chi connectivity index (χ0n) is 9.38. The lowest BCUT2D eigenvalue weighted by atomic mass is 10.0. The molecule has 1 rings (SSSR count). The molecule has 0 aliphatic carbocycles. The largest absolute Gasteiger partial charge is 0.478 e. The van der Waals surface area contributed by atoms with Gasteiger partial charge in [0.1, 0.15) is 0 Å². The van der Waals surface area contributed by atoms with Gasteiger partial charge in [0, 0.05) is 0 Å². The number of carbonyl (C=O) groups is 2. The van der Waals surface area contributed by atoms with Gasteiger partial charge in [-0.1, -0.05) is 12.1 Å². The van der Waals surface area contributed by atoms with Crippen molar-refractivity contribution in [3.63, 3.8) is 0 Å². The molecule has 5 nitrogen and oxygen atoms in total. The van der Waals surface area contributed by atoms with Gasteiger partial charge in [0.05, 0.1) is 17.7 Å². The Labute approximate surface area is 98.6 Å². The maximum Gasteiger partial charge on any atom is 0.335 e. The number of hydrogen-bond donors (Lipinski definition) is 3. The van der Waals surface area contributed by atoms with Crippen LogP contribution in [0.25, 0.3) is 0 Å². The summed E-state index contributed by atoms with van der Waals surface area (Å²) in [7, 11) is 0. The lowest BCUT2D eigenvalue weighted by Gasteiger charge is -2.03. The zero-order chi connectivity index (χ0) is 13.4.